The van der Waals surface area contributed by atoms with Crippen LogP contribution in [0.25, 0.3) is 29.1 Å². The largest absolute Gasteiger partial charge is 2.00 e. The van der Waals surface area contributed by atoms with E-state index >= 15 is 0 Å². The normalized spacial score (nSPS) is 22.3. The number of carbonyl (C=O) groups is 2. The molecule has 3 aromatic rings. The summed E-state index contributed by atoms with van der Waals surface area (Å²) in [5, 5.41) is 18.9. The molecule has 290 valence electrons. The van der Waals surface area contributed by atoms with Crippen molar-refractivity contribution in [1.82, 2.24) is 15.0 Å². The average Bonchev–Trinajstić information content (AvgIpc) is 3.87. The van der Waals surface area contributed by atoms with E-state index in [1.807, 2.05) is 19.1 Å². The van der Waals surface area contributed by atoms with Gasteiger partial charge < -0.3 is 34.8 Å². The Morgan fingerprint density at radius 2 is 1.60 bits per heavy atom. The number of aliphatic hydroxyl groups is 1. The Morgan fingerprint density at radius 3 is 2.27 bits per heavy atom. The van der Waals surface area contributed by atoms with Gasteiger partial charge in [0.25, 0.3) is 0 Å². The monoisotopic (exact) mass is 756 g/mol. The maximum Gasteiger partial charge on any atom is 2.00 e. The molecule has 1 unspecified atom stereocenters. The summed E-state index contributed by atoms with van der Waals surface area (Å²) in [6.45, 7) is 19.3. The number of esters is 2. The summed E-state index contributed by atoms with van der Waals surface area (Å²) in [5.41, 5.74) is 11.6. The molecule has 55 heavy (non-hydrogen) atoms. The van der Waals surface area contributed by atoms with Crippen LogP contribution in [0.4, 0.5) is 0 Å². The van der Waals surface area contributed by atoms with Crippen molar-refractivity contribution in [3.8, 4) is 0 Å². The number of ether oxygens (including phenoxy) is 2. The molecule has 1 fully saturated rings. The molecule has 1 N–H and O–H groups in total. The van der Waals surface area contributed by atoms with Gasteiger partial charge in [-0.15, -0.1) is 33.5 Å². The van der Waals surface area contributed by atoms with Gasteiger partial charge >= 0.3 is 35.0 Å². The molecular formula is C45H56MgN4O5-2. The van der Waals surface area contributed by atoms with Crippen molar-refractivity contribution >= 4 is 58.8 Å². The molecule has 1 aliphatic carbocycles. The van der Waals surface area contributed by atoms with Crippen LogP contribution >= 0.6 is 0 Å². The number of allylic oxidation sites excluding steroid dienone is 2. The topological polar surface area (TPSA) is 129 Å². The molecule has 0 saturated carbocycles. The molecule has 0 radical (unpaired) electrons. The minimum atomic E-state index is -1.23. The number of fused-ring (bicyclic) bond motifs is 8. The summed E-state index contributed by atoms with van der Waals surface area (Å²) >= 11 is 0. The number of rotatable bonds is 12. The van der Waals surface area contributed by atoms with E-state index in [1.54, 1.807) is 0 Å². The molecule has 3 aromatic heterocycles. The SMILES string of the molecule is CCc1c2[n-]c(c1C)/C=C1\[N-]C(C3=C(C(=O)OC)[C@@H](O)c4c3[n-]c(c4C)/C=c3\[n-]/c(c(C)c3CC)=C\2)[C@@H](CCC(=O)OC/C=C(/C)CCCC(C)C)[C@@H]1C.[Mg+2]. The fourth-order valence-electron chi connectivity index (χ4n) is 8.62. The first kappa shape index (κ1) is 42.4. The van der Waals surface area contributed by atoms with Crippen LogP contribution in [0.15, 0.2) is 22.9 Å². The van der Waals surface area contributed by atoms with Gasteiger partial charge in [0, 0.05) is 6.42 Å². The summed E-state index contributed by atoms with van der Waals surface area (Å²) in [5.74, 6) is -0.511. The third kappa shape index (κ3) is 8.23. The second-order valence-electron chi connectivity index (χ2n) is 15.7. The molecule has 9 nitrogen and oxygen atoms in total. The molecule has 8 bridgehead atoms. The van der Waals surface area contributed by atoms with Crippen LogP contribution in [-0.4, -0.2) is 59.9 Å². The van der Waals surface area contributed by atoms with E-state index in [1.165, 1.54) is 24.7 Å². The van der Waals surface area contributed by atoms with Crippen LogP contribution in [-0.2, 0) is 31.9 Å². The number of hydrogen-bond acceptors (Lipinski definition) is 5. The summed E-state index contributed by atoms with van der Waals surface area (Å²) in [6.07, 6.45) is 12.5. The van der Waals surface area contributed by atoms with E-state index in [-0.39, 0.29) is 59.5 Å². The quantitative estimate of drug-likeness (QED) is 0.129. The fourth-order valence-corrected chi connectivity index (χ4v) is 8.62. The van der Waals surface area contributed by atoms with Gasteiger partial charge in [-0.25, -0.2) is 4.79 Å². The van der Waals surface area contributed by atoms with Crippen LogP contribution in [0, 0.1) is 38.5 Å². The molecule has 3 aliphatic rings. The summed E-state index contributed by atoms with van der Waals surface area (Å²) in [6, 6.07) is -0.564. The molecule has 0 amide bonds. The van der Waals surface area contributed by atoms with Gasteiger partial charge in [-0.05, 0) is 89.2 Å². The number of carbonyl (C=O) groups excluding carboxylic acids is 2. The predicted molar refractivity (Wildman–Crippen MR) is 219 cm³/mol. The van der Waals surface area contributed by atoms with Crippen molar-refractivity contribution < 1.29 is 24.2 Å². The smallest absolute Gasteiger partial charge is 0.681 e. The first-order valence-corrected chi connectivity index (χ1v) is 19.7. The first-order valence-electron chi connectivity index (χ1n) is 19.7. The Bertz CT molecular complexity index is 2160. The van der Waals surface area contributed by atoms with Crippen molar-refractivity contribution in [2.75, 3.05) is 13.7 Å². The Morgan fingerprint density at radius 1 is 0.909 bits per heavy atom. The van der Waals surface area contributed by atoms with Gasteiger partial charge in [0.15, 0.2) is 0 Å². The molecule has 1 saturated heterocycles. The molecule has 5 heterocycles. The molecule has 0 aromatic carbocycles. The van der Waals surface area contributed by atoms with Crippen LogP contribution in [0.1, 0.15) is 136 Å². The predicted octanol–water partition coefficient (Wildman–Crippen LogP) is 6.32. The zero-order valence-corrected chi connectivity index (χ0v) is 35.8. The third-order valence-corrected chi connectivity index (χ3v) is 11.9. The number of nitrogens with zero attached hydrogens (tertiary/aromatic N) is 4. The Kier molecular flexibility index (Phi) is 13.6. The molecular weight excluding hydrogens is 701 g/mol. The third-order valence-electron chi connectivity index (χ3n) is 11.9. The van der Waals surface area contributed by atoms with Gasteiger partial charge in [0.2, 0.25) is 0 Å². The Labute approximate surface area is 342 Å². The van der Waals surface area contributed by atoms with E-state index in [4.69, 9.17) is 29.7 Å². The van der Waals surface area contributed by atoms with Gasteiger partial charge in [-0.3, -0.25) is 4.79 Å². The van der Waals surface area contributed by atoms with E-state index < -0.39 is 18.1 Å². The van der Waals surface area contributed by atoms with Crippen LogP contribution in [0.3, 0.4) is 0 Å². The van der Waals surface area contributed by atoms with E-state index in [0.29, 0.717) is 34.9 Å². The van der Waals surface area contributed by atoms with Gasteiger partial charge in [-0.2, -0.15) is 5.70 Å². The maximum atomic E-state index is 13.5. The summed E-state index contributed by atoms with van der Waals surface area (Å²) < 4.78 is 11.0. The number of aromatic nitrogens is 3. The molecule has 10 heteroatoms. The van der Waals surface area contributed by atoms with E-state index in [2.05, 4.69) is 67.5 Å². The maximum absolute atomic E-state index is 13.5. The molecule has 4 atom stereocenters. The number of aliphatic hydroxyl groups excluding tert-OH is 1. The summed E-state index contributed by atoms with van der Waals surface area (Å²) in [7, 11) is 1.32. The Hall–Kier alpha value is -3.73. The minimum absolute atomic E-state index is 0. The standard InChI is InChI=1S/C45H57N4O5.Mg/c1-11-29-25(6)32-20-34-27(8)31(16-17-38(50)54-19-18-24(5)15-13-14-23(3)4)42(48-34)40-41(45(52)53-10)44(51)39-28(9)35(49-43(39)40)22-37-30(12-2)26(7)33(47-37)21-36(29)46-32;/h18,20-23,27,31,42,44,51H,11-17,19H2,1-10H3,(H-3,46,47,48,49,52);/q-3;+2/p-1/b24-18-;/t27-,31-,42?,44-;/m0./s1. The van der Waals surface area contributed by atoms with Crippen LogP contribution < -0.4 is 25.7 Å². The minimum Gasteiger partial charge on any atom is -0.681 e. The van der Waals surface area contributed by atoms with Gasteiger partial charge in [0.1, 0.15) is 12.7 Å². The molecule has 6 rings (SSSR count). The Balaban J connectivity index is 0.00000580. The fraction of sp³-hybridized carbons (Fsp3) is 0.511. The summed E-state index contributed by atoms with van der Waals surface area (Å²) in [4.78, 5) is 42.1. The molecule has 2 aliphatic heterocycles. The zero-order chi connectivity index (χ0) is 39.0. The first-order chi connectivity index (χ1) is 25.8. The van der Waals surface area contributed by atoms with E-state index in [0.717, 1.165) is 75.7 Å². The van der Waals surface area contributed by atoms with Crippen molar-refractivity contribution in [1.29, 1.82) is 0 Å². The van der Waals surface area contributed by atoms with E-state index in [9.17, 15) is 14.7 Å². The average molecular weight is 757 g/mol. The molecule has 0 spiro atoms. The van der Waals surface area contributed by atoms with Crippen molar-refractivity contribution in [2.45, 2.75) is 119 Å². The van der Waals surface area contributed by atoms with Gasteiger partial charge in [0.05, 0.1) is 12.7 Å². The second kappa shape index (κ2) is 17.6. The van der Waals surface area contributed by atoms with Crippen molar-refractivity contribution in [2.24, 2.45) is 17.8 Å². The van der Waals surface area contributed by atoms with Gasteiger partial charge in [-0.1, -0.05) is 104 Å². The van der Waals surface area contributed by atoms with Crippen molar-refractivity contribution in [3.05, 3.63) is 95.1 Å². The second-order valence-corrected chi connectivity index (χ2v) is 15.7. The number of hydrogen-bond donors (Lipinski definition) is 1. The zero-order valence-electron chi connectivity index (χ0n) is 34.4. The van der Waals surface area contributed by atoms with Crippen molar-refractivity contribution in [3.63, 3.8) is 0 Å². The van der Waals surface area contributed by atoms with Crippen LogP contribution in [0.5, 0.6) is 0 Å². The number of methoxy groups -OCH3 is 1. The van der Waals surface area contributed by atoms with Crippen LogP contribution in [0.2, 0.25) is 0 Å².